The molecule has 1 aromatic heterocycles. The van der Waals surface area contributed by atoms with Crippen molar-refractivity contribution in [1.29, 1.82) is 0 Å². The van der Waals surface area contributed by atoms with E-state index in [0.717, 1.165) is 24.9 Å². The predicted octanol–water partition coefficient (Wildman–Crippen LogP) is 7.12. The maximum Gasteiger partial charge on any atom is 0.410 e. The average Bonchev–Trinajstić information content (AvgIpc) is 3.16. The van der Waals surface area contributed by atoms with Crippen molar-refractivity contribution < 1.29 is 19.3 Å². The summed E-state index contributed by atoms with van der Waals surface area (Å²) in [7, 11) is 1.54. The van der Waals surface area contributed by atoms with E-state index in [1.54, 1.807) is 7.11 Å². The lowest BCUT2D eigenvalue weighted by atomic mass is 9.80. The summed E-state index contributed by atoms with van der Waals surface area (Å²) in [5.41, 5.74) is 7.32. The molecule has 2 aliphatic carbocycles. The third-order valence-electron chi connectivity index (χ3n) is 7.69. The van der Waals surface area contributed by atoms with Gasteiger partial charge in [0, 0.05) is 30.5 Å². The number of aromatic nitrogens is 1. The largest absolute Gasteiger partial charge is 0.444 e. The first-order valence-electron chi connectivity index (χ1n) is 13.5. The Hall–Kier alpha value is -2.57. The molecule has 0 bridgehead atoms. The van der Waals surface area contributed by atoms with Gasteiger partial charge in [-0.05, 0) is 80.7 Å². The fraction of sp³-hybridized carbons (Fsp3) is 0.567. The van der Waals surface area contributed by atoms with Crippen molar-refractivity contribution in [2.75, 3.05) is 20.2 Å². The summed E-state index contributed by atoms with van der Waals surface area (Å²) in [6.07, 6.45) is 12.8. The van der Waals surface area contributed by atoms with E-state index in [-0.39, 0.29) is 6.09 Å². The molecule has 0 atom stereocenters. The lowest BCUT2D eigenvalue weighted by molar-refractivity contribution is -0.282. The molecule has 0 unspecified atom stereocenters. The highest BCUT2D eigenvalue weighted by Crippen LogP contribution is 2.45. The number of amides is 1. The second-order valence-electron chi connectivity index (χ2n) is 11.4. The van der Waals surface area contributed by atoms with Crippen LogP contribution >= 0.6 is 0 Å². The van der Waals surface area contributed by atoms with Gasteiger partial charge in [0.05, 0.1) is 12.8 Å². The standard InChI is InChI=1S/C30H40N2O4/c1-30(2,3)36-29(33)31-16-17-32-26-18-21(20-35-34-4)14-15-25(26)27(22-10-6-5-7-11-22)28(32)24-13-9-8-12-23(24)19-31/h9,13-15,18,22H,5-8,10-12,16-17,19-20H2,1-4H3. The van der Waals surface area contributed by atoms with Gasteiger partial charge in [0.25, 0.3) is 0 Å². The highest BCUT2D eigenvalue weighted by atomic mass is 17.2. The van der Waals surface area contributed by atoms with Crippen LogP contribution < -0.4 is 0 Å². The van der Waals surface area contributed by atoms with Crippen molar-refractivity contribution in [2.45, 2.75) is 90.4 Å². The smallest absolute Gasteiger partial charge is 0.410 e. The van der Waals surface area contributed by atoms with Crippen molar-refractivity contribution in [2.24, 2.45) is 0 Å². The van der Waals surface area contributed by atoms with Gasteiger partial charge < -0.3 is 14.2 Å². The van der Waals surface area contributed by atoms with Crippen molar-refractivity contribution in [1.82, 2.24) is 9.47 Å². The molecule has 0 N–H and O–H groups in total. The Balaban J connectivity index is 1.66. The van der Waals surface area contributed by atoms with E-state index in [4.69, 9.17) is 14.5 Å². The minimum atomic E-state index is -0.515. The second-order valence-corrected chi connectivity index (χ2v) is 11.4. The summed E-state index contributed by atoms with van der Waals surface area (Å²) >= 11 is 0. The molecule has 2 heterocycles. The number of carbonyl (C=O) groups is 1. The van der Waals surface area contributed by atoms with Crippen LogP contribution in [0.5, 0.6) is 0 Å². The first kappa shape index (κ1) is 25.1. The third kappa shape index (κ3) is 5.12. The van der Waals surface area contributed by atoms with Gasteiger partial charge in [-0.15, -0.1) is 0 Å². The number of nitrogens with zero attached hydrogens (tertiary/aromatic N) is 2. The van der Waals surface area contributed by atoms with E-state index in [1.807, 2.05) is 25.7 Å². The number of fused-ring (bicyclic) bond motifs is 4. The Morgan fingerprint density at radius 1 is 1.11 bits per heavy atom. The van der Waals surface area contributed by atoms with Crippen LogP contribution in [0.1, 0.15) is 88.5 Å². The zero-order valence-corrected chi connectivity index (χ0v) is 22.3. The van der Waals surface area contributed by atoms with Crippen LogP contribution in [-0.4, -0.2) is 41.4 Å². The molecule has 6 nitrogen and oxygen atoms in total. The van der Waals surface area contributed by atoms with Crippen LogP contribution in [0.4, 0.5) is 4.79 Å². The van der Waals surface area contributed by atoms with Crippen LogP contribution in [0.15, 0.2) is 35.9 Å². The first-order valence-corrected chi connectivity index (χ1v) is 13.5. The summed E-state index contributed by atoms with van der Waals surface area (Å²) in [5, 5.41) is 1.34. The van der Waals surface area contributed by atoms with Gasteiger partial charge in [-0.2, -0.15) is 0 Å². The Morgan fingerprint density at radius 2 is 1.92 bits per heavy atom. The van der Waals surface area contributed by atoms with Gasteiger partial charge in [-0.3, -0.25) is 0 Å². The fourth-order valence-electron chi connectivity index (χ4n) is 6.10. The van der Waals surface area contributed by atoms with Crippen molar-refractivity contribution in [3.63, 3.8) is 0 Å². The van der Waals surface area contributed by atoms with E-state index in [0.29, 0.717) is 25.6 Å². The topological polar surface area (TPSA) is 52.9 Å². The SMILES string of the molecule is COOCc1ccc2c(C3CCCCC3)c3n(c2c1)CCN(C(=O)OC(C)(C)C)CC1=C3C=CCC1. The molecule has 1 amide bonds. The number of benzene rings is 1. The van der Waals surface area contributed by atoms with E-state index in [2.05, 4.69) is 34.9 Å². The molecule has 5 rings (SSSR count). The number of rotatable bonds is 4. The number of ether oxygens (including phenoxy) is 1. The number of allylic oxidation sites excluding steroid dienone is 3. The molecule has 0 spiro atoms. The van der Waals surface area contributed by atoms with Gasteiger partial charge in [0.15, 0.2) is 0 Å². The van der Waals surface area contributed by atoms with Crippen LogP contribution in [0.25, 0.3) is 16.5 Å². The highest BCUT2D eigenvalue weighted by molar-refractivity contribution is 5.94. The lowest BCUT2D eigenvalue weighted by Gasteiger charge is -2.33. The minimum absolute atomic E-state index is 0.231. The van der Waals surface area contributed by atoms with Gasteiger partial charge in [-0.1, -0.05) is 43.5 Å². The molecule has 0 radical (unpaired) electrons. The average molecular weight is 493 g/mol. The van der Waals surface area contributed by atoms with Crippen LogP contribution in [0.3, 0.4) is 0 Å². The molecule has 3 aliphatic rings. The van der Waals surface area contributed by atoms with Crippen LogP contribution in [0.2, 0.25) is 0 Å². The Bertz CT molecular complexity index is 1180. The lowest BCUT2D eigenvalue weighted by Crippen LogP contribution is -2.41. The van der Waals surface area contributed by atoms with Gasteiger partial charge >= 0.3 is 6.09 Å². The summed E-state index contributed by atoms with van der Waals surface area (Å²) in [6.45, 7) is 8.19. The second kappa shape index (κ2) is 10.4. The van der Waals surface area contributed by atoms with Crippen molar-refractivity contribution >= 4 is 22.6 Å². The van der Waals surface area contributed by atoms with Crippen molar-refractivity contribution in [3.05, 3.63) is 52.7 Å². The summed E-state index contributed by atoms with van der Waals surface area (Å²) in [6, 6.07) is 6.70. The van der Waals surface area contributed by atoms with Gasteiger partial charge in [0.2, 0.25) is 0 Å². The minimum Gasteiger partial charge on any atom is -0.444 e. The zero-order valence-electron chi connectivity index (χ0n) is 22.3. The molecule has 1 fully saturated rings. The van der Waals surface area contributed by atoms with Crippen LogP contribution in [-0.2, 0) is 27.7 Å². The quantitative estimate of drug-likeness (QED) is 0.337. The molecule has 36 heavy (non-hydrogen) atoms. The molecule has 194 valence electrons. The van der Waals surface area contributed by atoms with Crippen LogP contribution in [0, 0.1) is 0 Å². The Kier molecular flexibility index (Phi) is 7.27. The molecule has 2 aromatic rings. The maximum atomic E-state index is 13.2. The molecule has 0 saturated heterocycles. The van der Waals surface area contributed by atoms with E-state index in [1.165, 1.54) is 65.4 Å². The number of hydrogen-bond acceptors (Lipinski definition) is 4. The Morgan fingerprint density at radius 3 is 2.67 bits per heavy atom. The predicted molar refractivity (Wildman–Crippen MR) is 143 cm³/mol. The molecule has 1 aromatic carbocycles. The first-order chi connectivity index (χ1) is 17.4. The summed E-state index contributed by atoms with van der Waals surface area (Å²) < 4.78 is 8.27. The fourth-order valence-corrected chi connectivity index (χ4v) is 6.10. The molecular formula is C30H40N2O4. The molecular weight excluding hydrogens is 452 g/mol. The highest BCUT2D eigenvalue weighted by Gasteiger charge is 2.32. The van der Waals surface area contributed by atoms with Gasteiger partial charge in [0.1, 0.15) is 12.2 Å². The van der Waals surface area contributed by atoms with E-state index < -0.39 is 5.60 Å². The van der Waals surface area contributed by atoms with E-state index in [9.17, 15) is 4.79 Å². The number of carbonyl (C=O) groups excluding carboxylic acids is 1. The van der Waals surface area contributed by atoms with E-state index >= 15 is 0 Å². The van der Waals surface area contributed by atoms with Gasteiger partial charge in [-0.25, -0.2) is 14.6 Å². The molecule has 6 heteroatoms. The maximum absolute atomic E-state index is 13.2. The third-order valence-corrected chi connectivity index (χ3v) is 7.69. The molecule has 1 saturated carbocycles. The Labute approximate surface area is 214 Å². The number of hydrogen-bond donors (Lipinski definition) is 0. The summed E-state index contributed by atoms with van der Waals surface area (Å²) in [5.74, 6) is 0.573. The molecule has 1 aliphatic heterocycles. The summed E-state index contributed by atoms with van der Waals surface area (Å²) in [4.78, 5) is 25.2. The normalized spacial score (nSPS) is 19.2. The van der Waals surface area contributed by atoms with Crippen molar-refractivity contribution in [3.8, 4) is 0 Å². The monoisotopic (exact) mass is 492 g/mol. The zero-order chi connectivity index (χ0) is 25.3.